The van der Waals surface area contributed by atoms with Gasteiger partial charge in [0.25, 0.3) is 5.91 Å². The number of aromatic nitrogens is 3. The number of nitrogens with two attached hydrogens (primary N) is 1. The van der Waals surface area contributed by atoms with Crippen molar-refractivity contribution in [2.45, 2.75) is 44.8 Å². The number of pyridine rings is 1. The van der Waals surface area contributed by atoms with Crippen molar-refractivity contribution in [3.05, 3.63) is 66.1 Å². The number of anilines is 1. The third-order valence-electron chi connectivity index (χ3n) is 6.15. The third-order valence-corrected chi connectivity index (χ3v) is 6.15. The molecule has 1 aliphatic rings. The van der Waals surface area contributed by atoms with Crippen LogP contribution in [-0.4, -0.2) is 33.3 Å². The van der Waals surface area contributed by atoms with E-state index in [0.717, 1.165) is 29.5 Å². The van der Waals surface area contributed by atoms with E-state index in [4.69, 9.17) is 10.5 Å². The summed E-state index contributed by atoms with van der Waals surface area (Å²) in [4.78, 5) is 17.5. The first-order chi connectivity index (χ1) is 15.6. The lowest BCUT2D eigenvalue weighted by Crippen LogP contribution is -2.44. The van der Waals surface area contributed by atoms with Gasteiger partial charge in [-0.15, -0.1) is 0 Å². The molecule has 1 aliphatic carbocycles. The van der Waals surface area contributed by atoms with E-state index >= 15 is 0 Å². The van der Waals surface area contributed by atoms with Crippen LogP contribution in [0.15, 0.2) is 55.0 Å². The molecule has 7 heteroatoms. The lowest BCUT2D eigenvalue weighted by Gasteiger charge is -2.31. The number of nitrogen functional groups attached to an aromatic ring is 1. The van der Waals surface area contributed by atoms with E-state index in [-0.39, 0.29) is 17.8 Å². The number of aryl methyl sites for hydroxylation is 1. The van der Waals surface area contributed by atoms with Gasteiger partial charge in [0.15, 0.2) is 0 Å². The topological polar surface area (TPSA) is 95.1 Å². The fourth-order valence-electron chi connectivity index (χ4n) is 4.34. The van der Waals surface area contributed by atoms with Gasteiger partial charge in [0.1, 0.15) is 5.82 Å². The maximum atomic E-state index is 13.2. The van der Waals surface area contributed by atoms with Crippen LogP contribution >= 0.6 is 0 Å². The summed E-state index contributed by atoms with van der Waals surface area (Å²) in [6, 6.07) is 11.8. The van der Waals surface area contributed by atoms with Crippen molar-refractivity contribution in [2.75, 3.05) is 12.3 Å². The molecule has 1 unspecified atom stereocenters. The number of benzene rings is 1. The number of carbonyl (C=O) groups is 1. The number of carbonyl (C=O) groups excluding carboxylic acids is 1. The van der Waals surface area contributed by atoms with Crippen LogP contribution in [0.2, 0.25) is 0 Å². The first kappa shape index (κ1) is 22.0. The summed E-state index contributed by atoms with van der Waals surface area (Å²) < 4.78 is 7.74. The Morgan fingerprint density at radius 1 is 1.19 bits per heavy atom. The highest BCUT2D eigenvalue weighted by Gasteiger charge is 2.26. The Balaban J connectivity index is 1.47. The molecule has 2 aromatic heterocycles. The van der Waals surface area contributed by atoms with Crippen LogP contribution in [0.4, 0.5) is 5.82 Å². The van der Waals surface area contributed by atoms with Gasteiger partial charge >= 0.3 is 0 Å². The van der Waals surface area contributed by atoms with E-state index in [1.165, 1.54) is 19.3 Å². The first-order valence-electron chi connectivity index (χ1n) is 11.3. The number of amides is 1. The molecule has 1 atom stereocenters. The number of nitrogens with zero attached hydrogens (tertiary/aromatic N) is 3. The lowest BCUT2D eigenvalue weighted by molar-refractivity contribution is 0.0640. The average Bonchev–Trinajstić information content (AvgIpc) is 3.26. The molecule has 0 radical (unpaired) electrons. The average molecular weight is 434 g/mol. The number of rotatable bonds is 8. The fourth-order valence-corrected chi connectivity index (χ4v) is 4.34. The van der Waals surface area contributed by atoms with Gasteiger partial charge in [-0.25, -0.2) is 4.98 Å². The van der Waals surface area contributed by atoms with Crippen molar-refractivity contribution in [2.24, 2.45) is 13.0 Å². The van der Waals surface area contributed by atoms with Gasteiger partial charge in [-0.1, -0.05) is 49.6 Å². The quantitative estimate of drug-likeness (QED) is 0.561. The van der Waals surface area contributed by atoms with Crippen LogP contribution in [0.3, 0.4) is 0 Å². The van der Waals surface area contributed by atoms with Gasteiger partial charge in [-0.05, 0) is 30.4 Å². The summed E-state index contributed by atoms with van der Waals surface area (Å²) in [6.07, 6.45) is 11.1. The summed E-state index contributed by atoms with van der Waals surface area (Å²) in [7, 11) is 1.85. The monoisotopic (exact) mass is 433 g/mol. The Bertz CT molecular complexity index is 1030. The molecule has 4 rings (SSSR count). The van der Waals surface area contributed by atoms with E-state index in [1.807, 2.05) is 43.6 Å². The second-order valence-corrected chi connectivity index (χ2v) is 8.54. The minimum atomic E-state index is -0.209. The third kappa shape index (κ3) is 5.53. The van der Waals surface area contributed by atoms with Crippen molar-refractivity contribution in [3.8, 4) is 11.1 Å². The molecule has 32 heavy (non-hydrogen) atoms. The van der Waals surface area contributed by atoms with Gasteiger partial charge in [0.2, 0.25) is 0 Å². The van der Waals surface area contributed by atoms with Gasteiger partial charge in [-0.3, -0.25) is 9.48 Å². The van der Waals surface area contributed by atoms with Gasteiger partial charge in [0.05, 0.1) is 31.0 Å². The van der Waals surface area contributed by atoms with Gasteiger partial charge < -0.3 is 15.8 Å². The summed E-state index contributed by atoms with van der Waals surface area (Å²) in [6.45, 7) is 1.00. The lowest BCUT2D eigenvalue weighted by atomic mass is 9.84. The number of ether oxygens (including phenoxy) is 1. The highest BCUT2D eigenvalue weighted by Crippen LogP contribution is 2.28. The Morgan fingerprint density at radius 3 is 2.69 bits per heavy atom. The molecule has 0 aliphatic heterocycles. The first-order valence-corrected chi connectivity index (χ1v) is 11.3. The molecule has 7 nitrogen and oxygen atoms in total. The molecular weight excluding hydrogens is 402 g/mol. The fraction of sp³-hybridized carbons (Fsp3) is 0.400. The van der Waals surface area contributed by atoms with E-state index in [1.54, 1.807) is 23.1 Å². The summed E-state index contributed by atoms with van der Waals surface area (Å²) in [5, 5.41) is 7.41. The minimum absolute atomic E-state index is 0.0621. The zero-order valence-corrected chi connectivity index (χ0v) is 18.5. The minimum Gasteiger partial charge on any atom is -0.383 e. The van der Waals surface area contributed by atoms with E-state index < -0.39 is 0 Å². The molecule has 1 fully saturated rings. The summed E-state index contributed by atoms with van der Waals surface area (Å²) >= 11 is 0. The van der Waals surface area contributed by atoms with E-state index in [2.05, 4.69) is 15.4 Å². The van der Waals surface area contributed by atoms with E-state index in [0.29, 0.717) is 24.7 Å². The number of nitrogens with one attached hydrogen (secondary N) is 1. The van der Waals surface area contributed by atoms with Crippen molar-refractivity contribution in [3.63, 3.8) is 0 Å². The maximum absolute atomic E-state index is 13.2. The predicted molar refractivity (Wildman–Crippen MR) is 125 cm³/mol. The number of hydrogen-bond acceptors (Lipinski definition) is 5. The van der Waals surface area contributed by atoms with Gasteiger partial charge in [0, 0.05) is 30.6 Å². The molecule has 0 saturated heterocycles. The number of hydrogen-bond donors (Lipinski definition) is 2. The largest absolute Gasteiger partial charge is 0.383 e. The van der Waals surface area contributed by atoms with Gasteiger partial charge in [-0.2, -0.15) is 5.10 Å². The second-order valence-electron chi connectivity index (χ2n) is 8.54. The van der Waals surface area contributed by atoms with E-state index in [9.17, 15) is 4.79 Å². The normalized spacial score (nSPS) is 15.4. The Hall–Kier alpha value is -3.19. The molecule has 0 spiro atoms. The zero-order valence-electron chi connectivity index (χ0n) is 18.5. The van der Waals surface area contributed by atoms with Crippen molar-refractivity contribution < 1.29 is 9.53 Å². The molecule has 0 bridgehead atoms. The SMILES string of the molecule is Cn1cc(-c2cnc(N)c(C(=O)NC(COCc3ccccc3)C3CCCCC3)c2)cn1. The molecule has 1 amide bonds. The predicted octanol–water partition coefficient (Wildman–Crippen LogP) is 3.96. The standard InChI is InChI=1S/C25H31N5O2/c1-30-15-21(14-28-30)20-12-22(24(26)27-13-20)25(31)29-23(19-10-6-3-7-11-19)17-32-16-18-8-4-2-5-9-18/h2,4-5,8-9,12-15,19,23H,3,6-7,10-11,16-17H2,1H3,(H2,26,27)(H,29,31). The van der Waals surface area contributed by atoms with Crippen LogP contribution in [0.5, 0.6) is 0 Å². The molecular formula is C25H31N5O2. The summed E-state index contributed by atoms with van der Waals surface area (Å²) in [5.41, 5.74) is 9.29. The zero-order chi connectivity index (χ0) is 22.3. The Kier molecular flexibility index (Phi) is 7.17. The highest BCUT2D eigenvalue weighted by atomic mass is 16.5. The smallest absolute Gasteiger partial charge is 0.255 e. The van der Waals surface area contributed by atoms with Crippen molar-refractivity contribution in [1.82, 2.24) is 20.1 Å². The molecule has 168 valence electrons. The van der Waals surface area contributed by atoms with Crippen molar-refractivity contribution >= 4 is 11.7 Å². The Labute approximate surface area is 189 Å². The molecule has 3 aromatic rings. The molecule has 1 saturated carbocycles. The highest BCUT2D eigenvalue weighted by molar-refractivity contribution is 5.99. The van der Waals surface area contributed by atoms with Crippen LogP contribution in [0.25, 0.3) is 11.1 Å². The molecule has 2 heterocycles. The van der Waals surface area contributed by atoms with Crippen LogP contribution in [0, 0.1) is 5.92 Å². The molecule has 1 aromatic carbocycles. The van der Waals surface area contributed by atoms with Crippen LogP contribution in [0.1, 0.15) is 48.0 Å². The maximum Gasteiger partial charge on any atom is 0.255 e. The van der Waals surface area contributed by atoms with Crippen LogP contribution < -0.4 is 11.1 Å². The summed E-state index contributed by atoms with van der Waals surface area (Å²) in [5.74, 6) is 0.418. The second kappa shape index (κ2) is 10.4. The van der Waals surface area contributed by atoms with Crippen LogP contribution in [-0.2, 0) is 18.4 Å². The Morgan fingerprint density at radius 2 is 1.97 bits per heavy atom. The molecule has 3 N–H and O–H groups in total. The van der Waals surface area contributed by atoms with Crippen molar-refractivity contribution in [1.29, 1.82) is 0 Å².